The Labute approximate surface area is 170 Å². The van der Waals surface area contributed by atoms with Crippen molar-refractivity contribution in [3.8, 4) is 0 Å². The Bertz CT molecular complexity index is 825. The number of benzene rings is 2. The monoisotopic (exact) mass is 378 g/mol. The third kappa shape index (κ3) is 5.02. The van der Waals surface area contributed by atoms with Crippen molar-refractivity contribution in [3.05, 3.63) is 69.8 Å². The van der Waals surface area contributed by atoms with Crippen LogP contribution in [0.15, 0.2) is 36.4 Å². The van der Waals surface area contributed by atoms with Crippen LogP contribution in [0.2, 0.25) is 0 Å². The number of hydrogen-bond acceptors (Lipinski definition) is 2. The molecule has 0 saturated carbocycles. The van der Waals surface area contributed by atoms with Crippen molar-refractivity contribution in [1.82, 2.24) is 10.2 Å². The lowest BCUT2D eigenvalue weighted by molar-refractivity contribution is 0.0940. The van der Waals surface area contributed by atoms with Gasteiger partial charge in [-0.25, -0.2) is 0 Å². The second kappa shape index (κ2) is 8.91. The number of amides is 1. The van der Waals surface area contributed by atoms with E-state index < -0.39 is 0 Å². The molecular weight excluding hydrogens is 344 g/mol. The lowest BCUT2D eigenvalue weighted by atomic mass is 9.96. The zero-order valence-corrected chi connectivity index (χ0v) is 18.0. The smallest absolute Gasteiger partial charge is 0.251 e. The van der Waals surface area contributed by atoms with Gasteiger partial charge >= 0.3 is 0 Å². The number of nitrogens with one attached hydrogen (secondary N) is 1. The molecule has 150 valence electrons. The summed E-state index contributed by atoms with van der Waals surface area (Å²) in [6, 6.07) is 12.5. The van der Waals surface area contributed by atoms with Crippen LogP contribution in [-0.2, 0) is 6.54 Å². The first-order chi connectivity index (χ1) is 13.3. The zero-order valence-electron chi connectivity index (χ0n) is 18.0. The van der Waals surface area contributed by atoms with Crippen LogP contribution >= 0.6 is 0 Å². The van der Waals surface area contributed by atoms with Crippen molar-refractivity contribution >= 4 is 5.91 Å². The predicted molar refractivity (Wildman–Crippen MR) is 117 cm³/mol. The van der Waals surface area contributed by atoms with E-state index in [0.29, 0.717) is 0 Å². The largest absolute Gasteiger partial charge is 0.346 e. The molecule has 1 N–H and O–H groups in total. The van der Waals surface area contributed by atoms with Crippen molar-refractivity contribution in [2.45, 2.75) is 60.0 Å². The SMILES string of the molecule is Cc1cc(C)c([C@@H](C)NC(=O)c2ccc(CN3CCC[C@H](C)C3)cc2)cc1C. The molecule has 3 nitrogen and oxygen atoms in total. The minimum absolute atomic E-state index is 0.0109. The minimum atomic E-state index is -0.0127. The average Bonchev–Trinajstić information content (AvgIpc) is 2.65. The van der Waals surface area contributed by atoms with Gasteiger partial charge in [-0.2, -0.15) is 0 Å². The standard InChI is InChI=1S/C25H34N2O/c1-17-7-6-12-27(15-17)16-22-8-10-23(11-9-22)25(28)26-21(5)24-14-19(3)18(2)13-20(24)4/h8-11,13-14,17,21H,6-7,12,15-16H2,1-5H3,(H,26,28)/t17-,21+/m0/s1. The Balaban J connectivity index is 1.62. The molecule has 1 saturated heterocycles. The van der Waals surface area contributed by atoms with E-state index in [1.165, 1.54) is 53.7 Å². The van der Waals surface area contributed by atoms with E-state index in [0.717, 1.165) is 18.0 Å². The van der Waals surface area contributed by atoms with E-state index in [1.807, 2.05) is 12.1 Å². The molecule has 28 heavy (non-hydrogen) atoms. The molecule has 2 aromatic carbocycles. The summed E-state index contributed by atoms with van der Waals surface area (Å²) in [5, 5.41) is 3.16. The van der Waals surface area contributed by atoms with Gasteiger partial charge in [0, 0.05) is 18.7 Å². The number of likely N-dealkylation sites (tertiary alicyclic amines) is 1. The summed E-state index contributed by atoms with van der Waals surface area (Å²) in [6.07, 6.45) is 2.63. The van der Waals surface area contributed by atoms with Gasteiger partial charge in [0.2, 0.25) is 0 Å². The number of piperidine rings is 1. The molecular formula is C25H34N2O. The highest BCUT2D eigenvalue weighted by atomic mass is 16.1. The maximum absolute atomic E-state index is 12.7. The molecule has 0 aromatic heterocycles. The Hall–Kier alpha value is -2.13. The molecule has 1 aliphatic rings. The maximum Gasteiger partial charge on any atom is 0.251 e. The van der Waals surface area contributed by atoms with Crippen LogP contribution in [0.4, 0.5) is 0 Å². The van der Waals surface area contributed by atoms with Gasteiger partial charge in [0.05, 0.1) is 6.04 Å². The normalized spacial score (nSPS) is 18.7. The molecule has 0 aliphatic carbocycles. The Morgan fingerprint density at radius 2 is 1.79 bits per heavy atom. The molecule has 2 aromatic rings. The van der Waals surface area contributed by atoms with Gasteiger partial charge in [-0.05, 0) is 92.9 Å². The van der Waals surface area contributed by atoms with Crippen LogP contribution in [0.1, 0.15) is 70.9 Å². The lowest BCUT2D eigenvalue weighted by Crippen LogP contribution is -2.33. The first-order valence-corrected chi connectivity index (χ1v) is 10.5. The lowest BCUT2D eigenvalue weighted by Gasteiger charge is -2.30. The highest BCUT2D eigenvalue weighted by Crippen LogP contribution is 2.22. The van der Waals surface area contributed by atoms with E-state index in [4.69, 9.17) is 0 Å². The van der Waals surface area contributed by atoms with E-state index in [-0.39, 0.29) is 11.9 Å². The van der Waals surface area contributed by atoms with Crippen LogP contribution in [0.3, 0.4) is 0 Å². The molecule has 1 amide bonds. The number of aryl methyl sites for hydroxylation is 3. The molecule has 3 rings (SSSR count). The average molecular weight is 379 g/mol. The Morgan fingerprint density at radius 1 is 1.11 bits per heavy atom. The van der Waals surface area contributed by atoms with Crippen LogP contribution < -0.4 is 5.32 Å². The number of hydrogen-bond donors (Lipinski definition) is 1. The highest BCUT2D eigenvalue weighted by molar-refractivity contribution is 5.94. The third-order valence-corrected chi connectivity index (χ3v) is 6.06. The van der Waals surface area contributed by atoms with E-state index in [1.54, 1.807) is 0 Å². The number of rotatable bonds is 5. The first kappa shape index (κ1) is 20.6. The molecule has 2 atom stereocenters. The molecule has 0 unspecified atom stereocenters. The van der Waals surface area contributed by atoms with Crippen LogP contribution in [0.25, 0.3) is 0 Å². The predicted octanol–water partition coefficient (Wildman–Crippen LogP) is 5.33. The fourth-order valence-electron chi connectivity index (χ4n) is 4.26. The summed E-state index contributed by atoms with van der Waals surface area (Å²) in [7, 11) is 0. The van der Waals surface area contributed by atoms with E-state index in [2.05, 4.69) is 69.1 Å². The van der Waals surface area contributed by atoms with Gasteiger partial charge in [0.25, 0.3) is 5.91 Å². The summed E-state index contributed by atoms with van der Waals surface area (Å²) < 4.78 is 0. The fraction of sp³-hybridized carbons (Fsp3) is 0.480. The van der Waals surface area contributed by atoms with Gasteiger partial charge in [0.1, 0.15) is 0 Å². The topological polar surface area (TPSA) is 32.3 Å². The third-order valence-electron chi connectivity index (χ3n) is 6.06. The summed E-state index contributed by atoms with van der Waals surface area (Å²) in [4.78, 5) is 15.2. The van der Waals surface area contributed by atoms with Crippen molar-refractivity contribution in [2.75, 3.05) is 13.1 Å². The number of carbonyl (C=O) groups is 1. The number of carbonyl (C=O) groups excluding carboxylic acids is 1. The Kier molecular flexibility index (Phi) is 6.56. The van der Waals surface area contributed by atoms with Gasteiger partial charge in [0.15, 0.2) is 0 Å². The second-order valence-electron chi connectivity index (χ2n) is 8.67. The van der Waals surface area contributed by atoms with Gasteiger partial charge in [-0.3, -0.25) is 9.69 Å². The zero-order chi connectivity index (χ0) is 20.3. The highest BCUT2D eigenvalue weighted by Gasteiger charge is 2.17. The minimum Gasteiger partial charge on any atom is -0.346 e. The molecule has 1 fully saturated rings. The Morgan fingerprint density at radius 3 is 2.46 bits per heavy atom. The van der Waals surface area contributed by atoms with Crippen molar-refractivity contribution in [3.63, 3.8) is 0 Å². The maximum atomic E-state index is 12.7. The van der Waals surface area contributed by atoms with Crippen LogP contribution in [0.5, 0.6) is 0 Å². The molecule has 0 radical (unpaired) electrons. The summed E-state index contributed by atoms with van der Waals surface area (Å²) in [5.74, 6) is 0.775. The molecule has 0 spiro atoms. The number of nitrogens with zero attached hydrogens (tertiary/aromatic N) is 1. The van der Waals surface area contributed by atoms with Crippen LogP contribution in [0, 0.1) is 26.7 Å². The molecule has 1 aliphatic heterocycles. The summed E-state index contributed by atoms with van der Waals surface area (Å²) in [6.45, 7) is 14.1. The van der Waals surface area contributed by atoms with Gasteiger partial charge < -0.3 is 5.32 Å². The van der Waals surface area contributed by atoms with E-state index in [9.17, 15) is 4.79 Å². The van der Waals surface area contributed by atoms with Gasteiger partial charge in [-0.15, -0.1) is 0 Å². The second-order valence-corrected chi connectivity index (χ2v) is 8.67. The molecule has 1 heterocycles. The van der Waals surface area contributed by atoms with Gasteiger partial charge in [-0.1, -0.05) is 31.2 Å². The molecule has 0 bridgehead atoms. The molecule has 3 heteroatoms. The van der Waals surface area contributed by atoms with Crippen molar-refractivity contribution in [2.24, 2.45) is 5.92 Å². The van der Waals surface area contributed by atoms with Crippen molar-refractivity contribution < 1.29 is 4.79 Å². The fourth-order valence-corrected chi connectivity index (χ4v) is 4.26. The first-order valence-electron chi connectivity index (χ1n) is 10.5. The summed E-state index contributed by atoms with van der Waals surface area (Å²) >= 11 is 0. The van der Waals surface area contributed by atoms with Crippen LogP contribution in [-0.4, -0.2) is 23.9 Å². The van der Waals surface area contributed by atoms with E-state index >= 15 is 0 Å². The summed E-state index contributed by atoms with van der Waals surface area (Å²) in [5.41, 5.74) is 6.97. The van der Waals surface area contributed by atoms with Crippen molar-refractivity contribution in [1.29, 1.82) is 0 Å². The quantitative estimate of drug-likeness (QED) is 0.762.